The monoisotopic (exact) mass is 245 g/mol. The highest BCUT2D eigenvalue weighted by molar-refractivity contribution is 5.99. The minimum absolute atomic E-state index is 0.237. The first-order chi connectivity index (χ1) is 8.84. The Morgan fingerprint density at radius 3 is 3.22 bits per heavy atom. The molecule has 2 aliphatic heterocycles. The molecule has 1 N–H and O–H groups in total. The number of Topliss-reactive ketones (excluding diaryl/α,β-unsaturated/α-hetero) is 1. The Kier molecular flexibility index (Phi) is 3.33. The van der Waals surface area contributed by atoms with E-state index in [4.69, 9.17) is 4.74 Å². The topological polar surface area (TPSA) is 38.3 Å². The number of benzene rings is 1. The zero-order chi connectivity index (χ0) is 12.4. The van der Waals surface area contributed by atoms with Crippen molar-refractivity contribution in [2.24, 2.45) is 5.92 Å². The Balaban J connectivity index is 1.67. The largest absolute Gasteiger partial charge is 0.492 e. The van der Waals surface area contributed by atoms with Crippen LogP contribution in [-0.4, -0.2) is 25.5 Å². The highest BCUT2D eigenvalue weighted by atomic mass is 16.5. The van der Waals surface area contributed by atoms with E-state index in [0.29, 0.717) is 18.9 Å². The van der Waals surface area contributed by atoms with Gasteiger partial charge in [0.1, 0.15) is 5.75 Å². The molecule has 1 atom stereocenters. The number of carbonyl (C=O) groups is 1. The third kappa shape index (κ3) is 2.27. The third-order valence-electron chi connectivity index (χ3n) is 3.96. The number of para-hydroxylation sites is 1. The van der Waals surface area contributed by atoms with E-state index in [1.807, 2.05) is 12.1 Å². The predicted octanol–water partition coefficient (Wildman–Crippen LogP) is 2.19. The molecule has 0 aromatic heterocycles. The number of ketones is 1. The van der Waals surface area contributed by atoms with E-state index in [1.165, 1.54) is 12.0 Å². The summed E-state index contributed by atoms with van der Waals surface area (Å²) < 4.78 is 5.59. The van der Waals surface area contributed by atoms with E-state index in [2.05, 4.69) is 11.4 Å². The van der Waals surface area contributed by atoms with Crippen molar-refractivity contribution in [3.05, 3.63) is 29.3 Å². The summed E-state index contributed by atoms with van der Waals surface area (Å²) in [6, 6.07) is 5.93. The van der Waals surface area contributed by atoms with Gasteiger partial charge >= 0.3 is 0 Å². The van der Waals surface area contributed by atoms with Gasteiger partial charge in [0.05, 0.1) is 12.2 Å². The molecule has 2 heterocycles. The van der Waals surface area contributed by atoms with Gasteiger partial charge in [-0.2, -0.15) is 0 Å². The van der Waals surface area contributed by atoms with Crippen molar-refractivity contribution in [3.63, 3.8) is 0 Å². The fourth-order valence-corrected chi connectivity index (χ4v) is 2.87. The zero-order valence-corrected chi connectivity index (χ0v) is 10.6. The van der Waals surface area contributed by atoms with Gasteiger partial charge in [0.15, 0.2) is 5.78 Å². The summed E-state index contributed by atoms with van der Waals surface area (Å²) >= 11 is 0. The lowest BCUT2D eigenvalue weighted by Gasteiger charge is -2.09. The van der Waals surface area contributed by atoms with E-state index >= 15 is 0 Å². The molecule has 2 aliphatic rings. The molecule has 0 aliphatic carbocycles. The maximum absolute atomic E-state index is 12.3. The quantitative estimate of drug-likeness (QED) is 0.826. The first-order valence-electron chi connectivity index (χ1n) is 6.83. The molecule has 0 saturated carbocycles. The van der Waals surface area contributed by atoms with E-state index in [1.54, 1.807) is 0 Å². The van der Waals surface area contributed by atoms with Gasteiger partial charge in [-0.15, -0.1) is 0 Å². The molecular formula is C15H19NO2. The number of fused-ring (bicyclic) bond motifs is 1. The molecule has 1 saturated heterocycles. The molecule has 0 radical (unpaired) electrons. The maximum atomic E-state index is 12.3. The first kappa shape index (κ1) is 11.7. The lowest BCUT2D eigenvalue weighted by atomic mass is 9.96. The lowest BCUT2D eigenvalue weighted by molar-refractivity contribution is 0.0971. The van der Waals surface area contributed by atoms with Gasteiger partial charge in [-0.3, -0.25) is 4.79 Å². The van der Waals surface area contributed by atoms with Gasteiger partial charge in [0, 0.05) is 12.8 Å². The average molecular weight is 245 g/mol. The van der Waals surface area contributed by atoms with Crippen LogP contribution in [0.4, 0.5) is 0 Å². The summed E-state index contributed by atoms with van der Waals surface area (Å²) in [5, 5.41) is 3.34. The molecule has 3 rings (SSSR count). The average Bonchev–Trinajstić information content (AvgIpc) is 3.05. The van der Waals surface area contributed by atoms with Crippen LogP contribution >= 0.6 is 0 Å². The molecule has 1 unspecified atom stereocenters. The van der Waals surface area contributed by atoms with Gasteiger partial charge in [0.2, 0.25) is 0 Å². The summed E-state index contributed by atoms with van der Waals surface area (Å²) in [5.41, 5.74) is 1.97. The predicted molar refractivity (Wildman–Crippen MR) is 70.2 cm³/mol. The number of carbonyl (C=O) groups excluding carboxylic acids is 1. The highest BCUT2D eigenvalue weighted by Crippen LogP contribution is 2.30. The minimum Gasteiger partial charge on any atom is -0.492 e. The molecule has 3 nitrogen and oxygen atoms in total. The molecule has 1 aromatic rings. The SMILES string of the molecule is O=C(CCC1CCNC1)c1cccc2c1OCC2. The molecule has 0 spiro atoms. The molecule has 0 bridgehead atoms. The van der Waals surface area contributed by atoms with Gasteiger partial charge < -0.3 is 10.1 Å². The summed E-state index contributed by atoms with van der Waals surface area (Å²) in [6.07, 6.45) is 3.78. The maximum Gasteiger partial charge on any atom is 0.166 e. The van der Waals surface area contributed by atoms with Gasteiger partial charge in [-0.1, -0.05) is 12.1 Å². The summed E-state index contributed by atoms with van der Waals surface area (Å²) in [5.74, 6) is 1.75. The molecule has 1 aromatic carbocycles. The number of rotatable bonds is 4. The van der Waals surface area contributed by atoms with Crippen molar-refractivity contribution >= 4 is 5.78 Å². The van der Waals surface area contributed by atoms with Crippen LogP contribution in [0.3, 0.4) is 0 Å². The third-order valence-corrected chi connectivity index (χ3v) is 3.96. The fourth-order valence-electron chi connectivity index (χ4n) is 2.87. The number of hydrogen-bond acceptors (Lipinski definition) is 3. The van der Waals surface area contributed by atoms with Crippen molar-refractivity contribution in [2.75, 3.05) is 19.7 Å². The fraction of sp³-hybridized carbons (Fsp3) is 0.533. The lowest BCUT2D eigenvalue weighted by Crippen LogP contribution is -2.10. The smallest absolute Gasteiger partial charge is 0.166 e. The van der Waals surface area contributed by atoms with Crippen LogP contribution in [0, 0.1) is 5.92 Å². The zero-order valence-electron chi connectivity index (χ0n) is 10.6. The van der Waals surface area contributed by atoms with Crippen LogP contribution in [-0.2, 0) is 6.42 Å². The molecule has 96 valence electrons. The normalized spacial score (nSPS) is 21.7. The Hall–Kier alpha value is -1.35. The number of nitrogens with one attached hydrogen (secondary N) is 1. The van der Waals surface area contributed by atoms with Crippen LogP contribution in [0.2, 0.25) is 0 Å². The molecule has 0 amide bonds. The Bertz CT molecular complexity index is 450. The standard InChI is InChI=1S/C15H19NO2/c17-14(5-4-11-6-8-16-10-11)13-3-1-2-12-7-9-18-15(12)13/h1-3,11,16H,4-10H2. The molecular weight excluding hydrogens is 226 g/mol. The Morgan fingerprint density at radius 1 is 1.44 bits per heavy atom. The highest BCUT2D eigenvalue weighted by Gasteiger charge is 2.21. The van der Waals surface area contributed by atoms with Crippen molar-refractivity contribution in [3.8, 4) is 5.75 Å². The first-order valence-corrected chi connectivity index (χ1v) is 6.83. The van der Waals surface area contributed by atoms with Gasteiger partial charge in [0.25, 0.3) is 0 Å². The Morgan fingerprint density at radius 2 is 2.39 bits per heavy atom. The van der Waals surface area contributed by atoms with Crippen molar-refractivity contribution in [1.82, 2.24) is 5.32 Å². The Labute approximate surface area is 108 Å². The van der Waals surface area contributed by atoms with E-state index in [9.17, 15) is 4.79 Å². The van der Waals surface area contributed by atoms with Crippen LogP contribution in [0.25, 0.3) is 0 Å². The summed E-state index contributed by atoms with van der Waals surface area (Å²) in [7, 11) is 0. The number of hydrogen-bond donors (Lipinski definition) is 1. The van der Waals surface area contributed by atoms with Gasteiger partial charge in [-0.25, -0.2) is 0 Å². The van der Waals surface area contributed by atoms with Crippen LogP contribution in [0.5, 0.6) is 5.75 Å². The van der Waals surface area contributed by atoms with Crippen molar-refractivity contribution in [1.29, 1.82) is 0 Å². The minimum atomic E-state index is 0.237. The van der Waals surface area contributed by atoms with E-state index in [-0.39, 0.29) is 5.78 Å². The van der Waals surface area contributed by atoms with Crippen LogP contribution in [0.15, 0.2) is 18.2 Å². The summed E-state index contributed by atoms with van der Waals surface area (Å²) in [4.78, 5) is 12.3. The second kappa shape index (κ2) is 5.11. The van der Waals surface area contributed by atoms with Crippen molar-refractivity contribution in [2.45, 2.75) is 25.7 Å². The van der Waals surface area contributed by atoms with E-state index < -0.39 is 0 Å². The number of ether oxygens (including phenoxy) is 1. The van der Waals surface area contributed by atoms with Crippen molar-refractivity contribution < 1.29 is 9.53 Å². The second-order valence-corrected chi connectivity index (χ2v) is 5.21. The van der Waals surface area contributed by atoms with Crippen LogP contribution < -0.4 is 10.1 Å². The molecule has 3 heteroatoms. The molecule has 1 fully saturated rings. The molecule has 18 heavy (non-hydrogen) atoms. The summed E-state index contributed by atoms with van der Waals surface area (Å²) in [6.45, 7) is 2.88. The van der Waals surface area contributed by atoms with Crippen LogP contribution in [0.1, 0.15) is 35.2 Å². The van der Waals surface area contributed by atoms with Gasteiger partial charge in [-0.05, 0) is 43.5 Å². The second-order valence-electron chi connectivity index (χ2n) is 5.21. The van der Waals surface area contributed by atoms with E-state index in [0.717, 1.165) is 37.2 Å².